The first-order chi connectivity index (χ1) is 11.3. The summed E-state index contributed by atoms with van der Waals surface area (Å²) in [6.07, 6.45) is 1.97. The molecule has 1 aromatic carbocycles. The van der Waals surface area contributed by atoms with E-state index < -0.39 is 10.0 Å². The lowest BCUT2D eigenvalue weighted by Gasteiger charge is -2.30. The van der Waals surface area contributed by atoms with Gasteiger partial charge >= 0.3 is 0 Å². The molecule has 3 N–H and O–H groups in total. The van der Waals surface area contributed by atoms with Crippen LogP contribution < -0.4 is 15.4 Å². The highest BCUT2D eigenvalue weighted by Gasteiger charge is 2.24. The molecular formula is C15H22Cl3N3O3S. The molecule has 1 saturated heterocycles. The summed E-state index contributed by atoms with van der Waals surface area (Å²) in [5.41, 5.74) is 0. The van der Waals surface area contributed by atoms with Gasteiger partial charge in [0.2, 0.25) is 15.9 Å². The van der Waals surface area contributed by atoms with E-state index in [4.69, 9.17) is 23.2 Å². The minimum absolute atomic E-state index is 0. The van der Waals surface area contributed by atoms with Crippen molar-refractivity contribution in [3.63, 3.8) is 0 Å². The van der Waals surface area contributed by atoms with Crippen LogP contribution in [0.25, 0.3) is 0 Å². The highest BCUT2D eigenvalue weighted by Crippen LogP contribution is 2.28. The second kappa shape index (κ2) is 9.94. The maximum absolute atomic E-state index is 12.3. The fourth-order valence-corrected chi connectivity index (χ4v) is 4.80. The molecule has 1 fully saturated rings. The number of nitrogens with one attached hydrogen (secondary N) is 3. The quantitative estimate of drug-likeness (QED) is 0.646. The third-order valence-electron chi connectivity index (χ3n) is 3.94. The van der Waals surface area contributed by atoms with Crippen molar-refractivity contribution >= 4 is 51.5 Å². The van der Waals surface area contributed by atoms with Crippen molar-refractivity contribution in [1.82, 2.24) is 15.4 Å². The minimum atomic E-state index is -3.87. The number of hydrogen-bond acceptors (Lipinski definition) is 4. The maximum atomic E-state index is 12.3. The molecule has 1 amide bonds. The molecule has 0 aliphatic carbocycles. The molecule has 10 heteroatoms. The Labute approximate surface area is 164 Å². The Morgan fingerprint density at radius 3 is 2.56 bits per heavy atom. The molecule has 1 aromatic rings. The first-order valence-electron chi connectivity index (χ1n) is 7.77. The van der Waals surface area contributed by atoms with Gasteiger partial charge < -0.3 is 10.6 Å². The van der Waals surface area contributed by atoms with E-state index in [1.165, 1.54) is 12.1 Å². The van der Waals surface area contributed by atoms with Gasteiger partial charge in [0, 0.05) is 25.0 Å². The van der Waals surface area contributed by atoms with Crippen LogP contribution in [0, 0.1) is 0 Å². The molecule has 2 rings (SSSR count). The molecule has 0 saturated carbocycles. The van der Waals surface area contributed by atoms with E-state index in [9.17, 15) is 13.2 Å². The average Bonchev–Trinajstić information content (AvgIpc) is 2.49. The van der Waals surface area contributed by atoms with Crippen LogP contribution >= 0.6 is 35.6 Å². The molecule has 0 aromatic heterocycles. The molecule has 0 bridgehead atoms. The van der Waals surface area contributed by atoms with Crippen molar-refractivity contribution < 1.29 is 13.2 Å². The maximum Gasteiger partial charge on any atom is 0.243 e. The zero-order chi connectivity index (χ0) is 17.7. The Bertz CT molecular complexity index is 680. The van der Waals surface area contributed by atoms with Gasteiger partial charge in [-0.15, -0.1) is 12.4 Å². The van der Waals surface area contributed by atoms with Crippen LogP contribution in [0.1, 0.15) is 26.2 Å². The summed E-state index contributed by atoms with van der Waals surface area (Å²) in [6.45, 7) is 2.95. The number of hydrogen-bond donors (Lipinski definition) is 3. The zero-order valence-corrected chi connectivity index (χ0v) is 16.9. The lowest BCUT2D eigenvalue weighted by molar-refractivity contribution is -0.122. The van der Waals surface area contributed by atoms with E-state index in [-0.39, 0.29) is 58.3 Å². The topological polar surface area (TPSA) is 87.3 Å². The van der Waals surface area contributed by atoms with Gasteiger partial charge in [0.1, 0.15) is 4.90 Å². The van der Waals surface area contributed by atoms with Gasteiger partial charge in [0.15, 0.2) is 0 Å². The van der Waals surface area contributed by atoms with Crippen LogP contribution in [0.4, 0.5) is 0 Å². The third kappa shape index (κ3) is 6.27. The number of carbonyl (C=O) groups excluding carboxylic acids is 1. The van der Waals surface area contributed by atoms with Gasteiger partial charge in [-0.25, -0.2) is 13.1 Å². The first kappa shape index (κ1) is 22.5. The molecule has 2 unspecified atom stereocenters. The molecule has 1 aliphatic heterocycles. The van der Waals surface area contributed by atoms with Crippen molar-refractivity contribution in [2.45, 2.75) is 43.2 Å². The number of amides is 1. The van der Waals surface area contributed by atoms with Crippen molar-refractivity contribution in [2.75, 3.05) is 13.1 Å². The molecule has 1 heterocycles. The van der Waals surface area contributed by atoms with E-state index in [0.717, 1.165) is 19.4 Å². The summed E-state index contributed by atoms with van der Waals surface area (Å²) in [5.74, 6) is -0.191. The largest absolute Gasteiger partial charge is 0.352 e. The monoisotopic (exact) mass is 429 g/mol. The molecule has 2 atom stereocenters. The van der Waals surface area contributed by atoms with Crippen molar-refractivity contribution in [3.8, 4) is 0 Å². The molecule has 142 valence electrons. The normalized spacial score (nSPS) is 20.6. The van der Waals surface area contributed by atoms with Gasteiger partial charge in [-0.05, 0) is 38.4 Å². The van der Waals surface area contributed by atoms with Gasteiger partial charge in [-0.3, -0.25) is 4.79 Å². The zero-order valence-electron chi connectivity index (χ0n) is 13.7. The molecule has 25 heavy (non-hydrogen) atoms. The van der Waals surface area contributed by atoms with Crippen LogP contribution in [0.3, 0.4) is 0 Å². The van der Waals surface area contributed by atoms with Crippen LogP contribution in [-0.4, -0.2) is 39.5 Å². The predicted molar refractivity (Wildman–Crippen MR) is 102 cm³/mol. The van der Waals surface area contributed by atoms with Crippen LogP contribution in [0.15, 0.2) is 23.1 Å². The Balaban J connectivity index is 0.00000312. The Morgan fingerprint density at radius 1 is 1.32 bits per heavy atom. The lowest BCUT2D eigenvalue weighted by Crippen LogP contribution is -2.52. The summed E-state index contributed by atoms with van der Waals surface area (Å²) in [4.78, 5) is 11.8. The summed E-state index contributed by atoms with van der Waals surface area (Å²) in [5, 5.41) is 6.31. The van der Waals surface area contributed by atoms with E-state index in [0.29, 0.717) is 0 Å². The van der Waals surface area contributed by atoms with Crippen molar-refractivity contribution in [2.24, 2.45) is 0 Å². The molecule has 0 radical (unpaired) electrons. The number of carbonyl (C=O) groups is 1. The summed E-state index contributed by atoms with van der Waals surface area (Å²) in [7, 11) is -3.87. The van der Waals surface area contributed by atoms with E-state index in [1.54, 1.807) is 6.07 Å². The lowest BCUT2D eigenvalue weighted by atomic mass is 10.00. The first-order valence-corrected chi connectivity index (χ1v) is 10.0. The molecule has 1 aliphatic rings. The number of rotatable bonds is 6. The summed E-state index contributed by atoms with van der Waals surface area (Å²) in [6, 6.07) is 4.75. The van der Waals surface area contributed by atoms with Crippen molar-refractivity contribution in [1.29, 1.82) is 0 Å². The third-order valence-corrected chi connectivity index (χ3v) is 6.36. The van der Waals surface area contributed by atoms with Gasteiger partial charge in [-0.1, -0.05) is 29.3 Å². The summed E-state index contributed by atoms with van der Waals surface area (Å²) >= 11 is 11.8. The van der Waals surface area contributed by atoms with Crippen LogP contribution in [0.5, 0.6) is 0 Å². The van der Waals surface area contributed by atoms with Crippen LogP contribution in [0.2, 0.25) is 10.0 Å². The van der Waals surface area contributed by atoms with Crippen molar-refractivity contribution in [3.05, 3.63) is 28.2 Å². The number of halogens is 3. The Morgan fingerprint density at radius 2 is 1.96 bits per heavy atom. The second-order valence-electron chi connectivity index (χ2n) is 5.76. The highest BCUT2D eigenvalue weighted by molar-refractivity contribution is 7.89. The molecule has 6 nitrogen and oxygen atoms in total. The number of sulfonamides is 1. The van der Waals surface area contributed by atoms with E-state index >= 15 is 0 Å². The average molecular weight is 431 g/mol. The number of benzene rings is 1. The molecular weight excluding hydrogens is 409 g/mol. The predicted octanol–water partition coefficient (Wildman–Crippen LogP) is 2.34. The number of piperidine rings is 1. The molecule has 0 spiro atoms. The Hall–Kier alpha value is -0.570. The standard InChI is InChI=1S/C15H21Cl2N3O3S.ClH/c1-10-13(6-3-8-18-10)20-14(21)7-9-19-24(22,23)15-11(16)4-2-5-12(15)17;/h2,4-5,10,13,18-19H,3,6-9H2,1H3,(H,20,21);1H. The van der Waals surface area contributed by atoms with Gasteiger partial charge in [-0.2, -0.15) is 0 Å². The fourth-order valence-electron chi connectivity index (χ4n) is 2.63. The van der Waals surface area contributed by atoms with Gasteiger partial charge in [0.05, 0.1) is 10.0 Å². The summed E-state index contributed by atoms with van der Waals surface area (Å²) < 4.78 is 26.9. The van der Waals surface area contributed by atoms with E-state index in [2.05, 4.69) is 15.4 Å². The van der Waals surface area contributed by atoms with E-state index in [1.807, 2.05) is 6.92 Å². The highest BCUT2D eigenvalue weighted by atomic mass is 35.5. The van der Waals surface area contributed by atoms with Crippen LogP contribution in [-0.2, 0) is 14.8 Å². The van der Waals surface area contributed by atoms with Gasteiger partial charge in [0.25, 0.3) is 0 Å². The Kier molecular flexibility index (Phi) is 8.94. The second-order valence-corrected chi connectivity index (χ2v) is 8.28. The minimum Gasteiger partial charge on any atom is -0.352 e. The fraction of sp³-hybridized carbons (Fsp3) is 0.533. The SMILES string of the molecule is CC1NCCCC1NC(=O)CCNS(=O)(=O)c1c(Cl)cccc1Cl.Cl. The smallest absolute Gasteiger partial charge is 0.243 e.